The molecule has 1 saturated heterocycles. The highest BCUT2D eigenvalue weighted by atomic mass is 16.7. The number of hydrogen-bond donors (Lipinski definition) is 1. The first-order valence-electron chi connectivity index (χ1n) is 6.42. The molecule has 1 aliphatic heterocycles. The Morgan fingerprint density at radius 1 is 0.950 bits per heavy atom. The zero-order valence-corrected chi connectivity index (χ0v) is 11.8. The summed E-state index contributed by atoms with van der Waals surface area (Å²) in [6, 6.07) is 7.05. The van der Waals surface area contributed by atoms with Gasteiger partial charge in [0.25, 0.3) is 5.79 Å². The van der Waals surface area contributed by atoms with Crippen molar-refractivity contribution in [2.45, 2.75) is 39.6 Å². The minimum atomic E-state index is -1.34. The van der Waals surface area contributed by atoms with Crippen LogP contribution < -0.4 is 0 Å². The summed E-state index contributed by atoms with van der Waals surface area (Å²) in [7, 11) is 0. The van der Waals surface area contributed by atoms with Crippen molar-refractivity contribution in [3.8, 4) is 0 Å². The van der Waals surface area contributed by atoms with E-state index in [1.807, 2.05) is 0 Å². The molecule has 5 nitrogen and oxygen atoms in total. The van der Waals surface area contributed by atoms with Crippen LogP contribution >= 0.6 is 0 Å². The van der Waals surface area contributed by atoms with Crippen LogP contribution in [0.5, 0.6) is 0 Å². The van der Waals surface area contributed by atoms with E-state index < -0.39 is 23.1 Å². The molecule has 20 heavy (non-hydrogen) atoms. The van der Waals surface area contributed by atoms with Crippen LogP contribution in [0.1, 0.15) is 31.9 Å². The maximum Gasteiger partial charge on any atom is 0.326 e. The molecular formula is C15H18O5. The number of carbonyl (C=O) groups is 2. The molecule has 0 radical (unpaired) electrons. The summed E-state index contributed by atoms with van der Waals surface area (Å²) >= 11 is 0. The fourth-order valence-corrected chi connectivity index (χ4v) is 2.09. The van der Waals surface area contributed by atoms with Crippen molar-refractivity contribution < 1.29 is 24.2 Å². The molecule has 0 aromatic heterocycles. The van der Waals surface area contributed by atoms with Gasteiger partial charge in [-0.05, 0) is 24.5 Å². The second-order valence-electron chi connectivity index (χ2n) is 5.66. The fourth-order valence-electron chi connectivity index (χ4n) is 2.09. The van der Waals surface area contributed by atoms with Gasteiger partial charge in [-0.15, -0.1) is 0 Å². The van der Waals surface area contributed by atoms with Gasteiger partial charge < -0.3 is 14.6 Å². The van der Waals surface area contributed by atoms with Gasteiger partial charge in [-0.25, -0.2) is 0 Å². The first kappa shape index (κ1) is 14.5. The van der Waals surface area contributed by atoms with Crippen LogP contribution in [-0.4, -0.2) is 22.8 Å². The molecule has 0 unspecified atom stereocenters. The summed E-state index contributed by atoms with van der Waals surface area (Å²) in [5, 5.41) is 8.99. The maximum atomic E-state index is 12.1. The molecular weight excluding hydrogens is 260 g/mol. The van der Waals surface area contributed by atoms with Crippen molar-refractivity contribution in [1.82, 2.24) is 0 Å². The van der Waals surface area contributed by atoms with E-state index in [4.69, 9.17) is 14.6 Å². The summed E-state index contributed by atoms with van der Waals surface area (Å²) < 4.78 is 10.3. The minimum absolute atomic E-state index is 0.0458. The Bertz CT molecular complexity index is 510. The van der Waals surface area contributed by atoms with Crippen molar-refractivity contribution >= 4 is 11.9 Å². The molecule has 0 aliphatic carbocycles. The average Bonchev–Trinajstić information content (AvgIpc) is 2.36. The largest absolute Gasteiger partial charge is 0.422 e. The van der Waals surface area contributed by atoms with Gasteiger partial charge in [0.15, 0.2) is 5.41 Å². The highest BCUT2D eigenvalue weighted by Crippen LogP contribution is 2.34. The molecule has 0 spiro atoms. The van der Waals surface area contributed by atoms with Crippen molar-refractivity contribution in [2.75, 3.05) is 0 Å². The predicted octanol–water partition coefficient (Wildman–Crippen LogP) is 1.56. The number of aliphatic hydroxyl groups is 1. The van der Waals surface area contributed by atoms with E-state index in [1.165, 1.54) is 20.8 Å². The van der Waals surface area contributed by atoms with Crippen LogP contribution in [0.3, 0.4) is 0 Å². The number of benzene rings is 1. The standard InChI is InChI=1S/C15H18O5/c1-14(2)19-12(17)15(3,13(18)20-14)8-10-4-6-11(9-16)7-5-10/h4-7,16H,8-9H2,1-3H3. The smallest absolute Gasteiger partial charge is 0.326 e. The highest BCUT2D eigenvalue weighted by Gasteiger charge is 2.52. The summed E-state index contributed by atoms with van der Waals surface area (Å²) in [5.74, 6) is -2.37. The second-order valence-corrected chi connectivity index (χ2v) is 5.66. The molecule has 1 aliphatic rings. The van der Waals surface area contributed by atoms with Gasteiger partial charge in [-0.3, -0.25) is 9.59 Å². The third-order valence-corrected chi connectivity index (χ3v) is 3.34. The Labute approximate surface area is 117 Å². The quantitative estimate of drug-likeness (QED) is 0.671. The lowest BCUT2D eigenvalue weighted by Gasteiger charge is -2.38. The number of aliphatic hydroxyl groups excluding tert-OH is 1. The lowest BCUT2D eigenvalue weighted by atomic mass is 9.82. The lowest BCUT2D eigenvalue weighted by molar-refractivity contribution is -0.249. The predicted molar refractivity (Wildman–Crippen MR) is 70.4 cm³/mol. The van der Waals surface area contributed by atoms with Crippen molar-refractivity contribution in [1.29, 1.82) is 0 Å². The topological polar surface area (TPSA) is 72.8 Å². The molecule has 1 fully saturated rings. The third kappa shape index (κ3) is 2.67. The van der Waals surface area contributed by atoms with E-state index in [-0.39, 0.29) is 13.0 Å². The van der Waals surface area contributed by atoms with Gasteiger partial charge in [-0.2, -0.15) is 0 Å². The van der Waals surface area contributed by atoms with Crippen LogP contribution in [0, 0.1) is 5.41 Å². The van der Waals surface area contributed by atoms with E-state index in [0.29, 0.717) is 0 Å². The monoisotopic (exact) mass is 278 g/mol. The number of carbonyl (C=O) groups excluding carboxylic acids is 2. The van der Waals surface area contributed by atoms with Crippen molar-refractivity contribution in [3.63, 3.8) is 0 Å². The number of hydrogen-bond acceptors (Lipinski definition) is 5. The molecule has 5 heteroatoms. The van der Waals surface area contributed by atoms with Gasteiger partial charge in [0, 0.05) is 13.8 Å². The second kappa shape index (κ2) is 4.90. The molecule has 1 aromatic rings. The fraction of sp³-hybridized carbons (Fsp3) is 0.467. The Morgan fingerprint density at radius 2 is 1.40 bits per heavy atom. The van der Waals surface area contributed by atoms with E-state index in [9.17, 15) is 9.59 Å². The summed E-state index contributed by atoms with van der Waals surface area (Å²) in [6.07, 6.45) is 0.201. The summed E-state index contributed by atoms with van der Waals surface area (Å²) in [4.78, 5) is 24.2. The Morgan fingerprint density at radius 3 is 1.85 bits per heavy atom. The number of esters is 2. The third-order valence-electron chi connectivity index (χ3n) is 3.34. The zero-order chi connectivity index (χ0) is 15.0. The van der Waals surface area contributed by atoms with Gasteiger partial charge in [0.1, 0.15) is 0 Å². The van der Waals surface area contributed by atoms with Crippen molar-refractivity contribution in [2.24, 2.45) is 5.41 Å². The molecule has 2 rings (SSSR count). The van der Waals surface area contributed by atoms with Crippen LogP contribution in [0.2, 0.25) is 0 Å². The average molecular weight is 278 g/mol. The van der Waals surface area contributed by atoms with Crippen LogP contribution in [0.4, 0.5) is 0 Å². The van der Waals surface area contributed by atoms with Crippen LogP contribution in [0.15, 0.2) is 24.3 Å². The van der Waals surface area contributed by atoms with Gasteiger partial charge in [-0.1, -0.05) is 24.3 Å². The lowest BCUT2D eigenvalue weighted by Crippen LogP contribution is -2.53. The Balaban J connectivity index is 2.21. The Hall–Kier alpha value is -1.88. The molecule has 1 heterocycles. The molecule has 108 valence electrons. The molecule has 1 N–H and O–H groups in total. The summed E-state index contributed by atoms with van der Waals surface area (Å²) in [6.45, 7) is 4.53. The van der Waals surface area contributed by atoms with E-state index in [2.05, 4.69) is 0 Å². The zero-order valence-electron chi connectivity index (χ0n) is 11.8. The minimum Gasteiger partial charge on any atom is -0.422 e. The van der Waals surface area contributed by atoms with E-state index in [1.54, 1.807) is 24.3 Å². The SMILES string of the molecule is CC1(C)OC(=O)C(C)(Cc2ccc(CO)cc2)C(=O)O1. The van der Waals surface area contributed by atoms with Gasteiger partial charge >= 0.3 is 11.9 Å². The molecule has 1 aromatic carbocycles. The van der Waals surface area contributed by atoms with Crippen LogP contribution in [-0.2, 0) is 32.1 Å². The van der Waals surface area contributed by atoms with Gasteiger partial charge in [0.05, 0.1) is 6.61 Å². The van der Waals surface area contributed by atoms with Gasteiger partial charge in [0.2, 0.25) is 0 Å². The maximum absolute atomic E-state index is 12.1. The summed E-state index contributed by atoms with van der Waals surface area (Å²) in [5.41, 5.74) is 0.239. The first-order chi connectivity index (χ1) is 9.27. The Kier molecular flexibility index (Phi) is 3.56. The molecule has 0 atom stereocenters. The molecule has 0 saturated carbocycles. The highest BCUT2D eigenvalue weighted by molar-refractivity contribution is 6.01. The number of rotatable bonds is 3. The first-order valence-corrected chi connectivity index (χ1v) is 6.42. The molecule has 0 amide bonds. The van der Waals surface area contributed by atoms with E-state index >= 15 is 0 Å². The van der Waals surface area contributed by atoms with Crippen LogP contribution in [0.25, 0.3) is 0 Å². The molecule has 0 bridgehead atoms. The normalized spacial score (nSPS) is 20.2. The van der Waals surface area contributed by atoms with E-state index in [0.717, 1.165) is 11.1 Å². The number of ether oxygens (including phenoxy) is 2. The van der Waals surface area contributed by atoms with Crippen molar-refractivity contribution in [3.05, 3.63) is 35.4 Å². The number of cyclic esters (lactones) is 2.